The number of halogens is 1. The van der Waals surface area contributed by atoms with Crippen molar-refractivity contribution < 1.29 is 4.74 Å². The number of nitrogens with one attached hydrogen (secondary N) is 1. The van der Waals surface area contributed by atoms with Crippen LogP contribution < -0.4 is 10.3 Å². The number of hydrogen-bond acceptors (Lipinski definition) is 3. The lowest BCUT2D eigenvalue weighted by molar-refractivity contribution is 0.242. The molecule has 2 rings (SSSR count). The van der Waals surface area contributed by atoms with Crippen molar-refractivity contribution >= 4 is 15.9 Å². The predicted octanol–water partition coefficient (Wildman–Crippen LogP) is 2.99. The minimum Gasteiger partial charge on any atom is -0.491 e. The quantitative estimate of drug-likeness (QED) is 0.948. The van der Waals surface area contributed by atoms with Crippen LogP contribution in [0.15, 0.2) is 39.7 Å². The van der Waals surface area contributed by atoms with Gasteiger partial charge in [0, 0.05) is 11.8 Å². The summed E-state index contributed by atoms with van der Waals surface area (Å²) in [6.45, 7) is 3.93. The Morgan fingerprint density at radius 2 is 2.17 bits per heavy atom. The molecule has 1 N–H and O–H groups in total. The molecule has 5 heteroatoms. The molecule has 94 valence electrons. The Kier molecular flexibility index (Phi) is 3.81. The van der Waals surface area contributed by atoms with E-state index >= 15 is 0 Å². The Labute approximate surface area is 113 Å². The lowest BCUT2D eigenvalue weighted by atomic mass is 10.2. The summed E-state index contributed by atoms with van der Waals surface area (Å²) in [4.78, 5) is 18.4. The van der Waals surface area contributed by atoms with Crippen molar-refractivity contribution in [2.75, 3.05) is 0 Å². The summed E-state index contributed by atoms with van der Waals surface area (Å²) in [6, 6.07) is 7.47. The molecule has 1 aromatic heterocycles. The van der Waals surface area contributed by atoms with Crippen molar-refractivity contribution in [3.05, 3.63) is 45.3 Å². The van der Waals surface area contributed by atoms with Crippen molar-refractivity contribution in [3.8, 4) is 17.1 Å². The van der Waals surface area contributed by atoms with Gasteiger partial charge >= 0.3 is 0 Å². The first kappa shape index (κ1) is 12.8. The largest absolute Gasteiger partial charge is 0.491 e. The van der Waals surface area contributed by atoms with E-state index in [9.17, 15) is 4.79 Å². The maximum absolute atomic E-state index is 11.5. The molecule has 2 aromatic rings. The zero-order valence-corrected chi connectivity index (χ0v) is 11.7. The first-order valence-corrected chi connectivity index (χ1v) is 6.37. The standard InChI is InChI=1S/C13H13BrN2O2/c1-8(2)18-10-5-3-4-9(6-10)12-15-7-11(14)13(17)16-12/h3-8H,1-2H3,(H,15,16,17). The van der Waals surface area contributed by atoms with E-state index in [2.05, 4.69) is 25.9 Å². The molecule has 0 aliphatic heterocycles. The highest BCUT2D eigenvalue weighted by atomic mass is 79.9. The van der Waals surface area contributed by atoms with E-state index in [1.807, 2.05) is 38.1 Å². The Morgan fingerprint density at radius 3 is 2.83 bits per heavy atom. The molecular weight excluding hydrogens is 296 g/mol. The zero-order valence-electron chi connectivity index (χ0n) is 10.1. The number of rotatable bonds is 3. The van der Waals surface area contributed by atoms with Crippen LogP contribution in [0.2, 0.25) is 0 Å². The van der Waals surface area contributed by atoms with Gasteiger partial charge in [-0.1, -0.05) is 12.1 Å². The summed E-state index contributed by atoms with van der Waals surface area (Å²) in [5.41, 5.74) is 0.618. The summed E-state index contributed by atoms with van der Waals surface area (Å²) in [5, 5.41) is 0. The minimum atomic E-state index is -0.199. The molecule has 0 fully saturated rings. The first-order valence-electron chi connectivity index (χ1n) is 5.58. The fraction of sp³-hybridized carbons (Fsp3) is 0.231. The van der Waals surface area contributed by atoms with Crippen LogP contribution in [0.1, 0.15) is 13.8 Å². The number of hydrogen-bond donors (Lipinski definition) is 1. The summed E-state index contributed by atoms with van der Waals surface area (Å²) < 4.78 is 6.02. The minimum absolute atomic E-state index is 0.108. The van der Waals surface area contributed by atoms with Gasteiger partial charge in [0.1, 0.15) is 16.0 Å². The average Bonchev–Trinajstić information content (AvgIpc) is 2.32. The zero-order chi connectivity index (χ0) is 13.1. The molecule has 18 heavy (non-hydrogen) atoms. The van der Waals surface area contributed by atoms with Crippen LogP contribution in [-0.2, 0) is 0 Å². The van der Waals surface area contributed by atoms with E-state index in [0.29, 0.717) is 10.3 Å². The highest BCUT2D eigenvalue weighted by Crippen LogP contribution is 2.21. The Balaban J connectivity index is 2.38. The average molecular weight is 309 g/mol. The van der Waals surface area contributed by atoms with E-state index in [0.717, 1.165) is 11.3 Å². The summed E-state index contributed by atoms with van der Waals surface area (Å²) >= 11 is 3.12. The Hall–Kier alpha value is -1.62. The number of ether oxygens (including phenoxy) is 1. The molecule has 0 bridgehead atoms. The number of aromatic nitrogens is 2. The van der Waals surface area contributed by atoms with E-state index in [-0.39, 0.29) is 11.7 Å². The topological polar surface area (TPSA) is 55.0 Å². The molecular formula is C13H13BrN2O2. The van der Waals surface area contributed by atoms with Crippen LogP contribution in [0.4, 0.5) is 0 Å². The van der Waals surface area contributed by atoms with Gasteiger partial charge in [0.15, 0.2) is 0 Å². The van der Waals surface area contributed by atoms with Gasteiger partial charge in [-0.3, -0.25) is 4.79 Å². The van der Waals surface area contributed by atoms with Gasteiger partial charge in [-0.15, -0.1) is 0 Å². The molecule has 4 nitrogen and oxygen atoms in total. The molecule has 1 heterocycles. The third-order valence-corrected chi connectivity index (χ3v) is 2.80. The van der Waals surface area contributed by atoms with Crippen molar-refractivity contribution in [1.82, 2.24) is 9.97 Å². The van der Waals surface area contributed by atoms with Crippen LogP contribution in [0.5, 0.6) is 5.75 Å². The molecule has 0 radical (unpaired) electrons. The van der Waals surface area contributed by atoms with Crippen molar-refractivity contribution in [2.24, 2.45) is 0 Å². The molecule has 0 aliphatic carbocycles. The first-order chi connectivity index (χ1) is 8.56. The smallest absolute Gasteiger partial charge is 0.265 e. The highest BCUT2D eigenvalue weighted by Gasteiger charge is 2.05. The molecule has 0 saturated carbocycles. The normalized spacial score (nSPS) is 10.7. The number of aromatic amines is 1. The molecule has 0 spiro atoms. The van der Waals surface area contributed by atoms with E-state index in [4.69, 9.17) is 4.74 Å². The maximum atomic E-state index is 11.5. The van der Waals surface area contributed by atoms with Crippen LogP contribution in [-0.4, -0.2) is 16.1 Å². The van der Waals surface area contributed by atoms with Gasteiger partial charge in [0.05, 0.1) is 6.10 Å². The van der Waals surface area contributed by atoms with Gasteiger partial charge in [-0.25, -0.2) is 4.98 Å². The van der Waals surface area contributed by atoms with Gasteiger partial charge in [0.25, 0.3) is 5.56 Å². The third-order valence-electron chi connectivity index (χ3n) is 2.24. The number of nitrogens with zero attached hydrogens (tertiary/aromatic N) is 1. The predicted molar refractivity (Wildman–Crippen MR) is 73.8 cm³/mol. The van der Waals surface area contributed by atoms with Crippen molar-refractivity contribution in [2.45, 2.75) is 20.0 Å². The summed E-state index contributed by atoms with van der Waals surface area (Å²) in [6.07, 6.45) is 1.60. The number of H-pyrrole nitrogens is 1. The van der Waals surface area contributed by atoms with Gasteiger partial charge in [-0.05, 0) is 41.9 Å². The van der Waals surface area contributed by atoms with Crippen molar-refractivity contribution in [1.29, 1.82) is 0 Å². The lowest BCUT2D eigenvalue weighted by Gasteiger charge is -2.10. The van der Waals surface area contributed by atoms with Crippen LogP contribution in [0.25, 0.3) is 11.4 Å². The third kappa shape index (κ3) is 2.98. The second-order valence-electron chi connectivity index (χ2n) is 4.10. The Bertz CT molecular complexity index is 608. The monoisotopic (exact) mass is 308 g/mol. The van der Waals surface area contributed by atoms with Crippen molar-refractivity contribution in [3.63, 3.8) is 0 Å². The SMILES string of the molecule is CC(C)Oc1cccc(-c2ncc(Br)c(=O)[nH]2)c1. The molecule has 0 unspecified atom stereocenters. The molecule has 1 aromatic carbocycles. The van der Waals surface area contributed by atoms with Gasteiger partial charge in [0.2, 0.25) is 0 Å². The Morgan fingerprint density at radius 1 is 1.39 bits per heavy atom. The molecule has 0 amide bonds. The maximum Gasteiger partial charge on any atom is 0.265 e. The fourth-order valence-corrected chi connectivity index (χ4v) is 1.72. The van der Waals surface area contributed by atoms with Crippen LogP contribution in [0.3, 0.4) is 0 Å². The van der Waals surface area contributed by atoms with E-state index in [1.54, 1.807) is 0 Å². The highest BCUT2D eigenvalue weighted by molar-refractivity contribution is 9.10. The summed E-state index contributed by atoms with van der Waals surface area (Å²) in [5.74, 6) is 1.28. The van der Waals surface area contributed by atoms with E-state index < -0.39 is 0 Å². The van der Waals surface area contributed by atoms with Crippen LogP contribution in [0, 0.1) is 0 Å². The molecule has 0 saturated heterocycles. The lowest BCUT2D eigenvalue weighted by Crippen LogP contribution is -2.09. The van der Waals surface area contributed by atoms with Crippen LogP contribution >= 0.6 is 15.9 Å². The number of benzene rings is 1. The van der Waals surface area contributed by atoms with Gasteiger partial charge < -0.3 is 9.72 Å². The van der Waals surface area contributed by atoms with Gasteiger partial charge in [-0.2, -0.15) is 0 Å². The fourth-order valence-electron chi connectivity index (χ4n) is 1.51. The summed E-state index contributed by atoms with van der Waals surface area (Å²) in [7, 11) is 0. The van der Waals surface area contributed by atoms with E-state index in [1.165, 1.54) is 6.20 Å². The second-order valence-corrected chi connectivity index (χ2v) is 4.96. The molecule has 0 aliphatic rings. The molecule has 0 atom stereocenters. The second kappa shape index (κ2) is 5.35.